The second-order valence-corrected chi connectivity index (χ2v) is 7.54. The summed E-state index contributed by atoms with van der Waals surface area (Å²) in [4.78, 5) is 26.4. The molecule has 11 heteroatoms. The summed E-state index contributed by atoms with van der Waals surface area (Å²) in [6.07, 6.45) is -1.49. The van der Waals surface area contributed by atoms with Crippen molar-refractivity contribution in [3.8, 4) is 0 Å². The van der Waals surface area contributed by atoms with Gasteiger partial charge in [0.1, 0.15) is 17.8 Å². The summed E-state index contributed by atoms with van der Waals surface area (Å²) in [5.74, 6) is 0.152. The molecule has 1 amide bonds. The third kappa shape index (κ3) is 3.83. The van der Waals surface area contributed by atoms with E-state index in [4.69, 9.17) is 0 Å². The van der Waals surface area contributed by atoms with Crippen LogP contribution in [-0.2, 0) is 13.0 Å². The second-order valence-electron chi connectivity index (χ2n) is 7.54. The van der Waals surface area contributed by atoms with Crippen LogP contribution in [0.3, 0.4) is 0 Å². The molecule has 0 saturated carbocycles. The Morgan fingerprint density at radius 1 is 1.33 bits per heavy atom. The van der Waals surface area contributed by atoms with Crippen molar-refractivity contribution in [2.75, 3.05) is 18.0 Å². The van der Waals surface area contributed by atoms with Gasteiger partial charge >= 0.3 is 6.18 Å². The molecule has 1 aliphatic rings. The number of alkyl halides is 3. The summed E-state index contributed by atoms with van der Waals surface area (Å²) in [5, 5.41) is 7.67. The number of aromatic amines is 1. The fourth-order valence-corrected chi connectivity index (χ4v) is 3.75. The summed E-state index contributed by atoms with van der Waals surface area (Å²) < 4.78 is 39.1. The van der Waals surface area contributed by atoms with E-state index in [9.17, 15) is 18.0 Å². The maximum Gasteiger partial charge on any atom is 0.390 e. The van der Waals surface area contributed by atoms with Crippen LogP contribution in [0.15, 0.2) is 18.6 Å². The minimum Gasteiger partial charge on any atom is -0.351 e. The van der Waals surface area contributed by atoms with Crippen LogP contribution >= 0.6 is 0 Å². The molecule has 160 valence electrons. The molecule has 3 aromatic heterocycles. The van der Waals surface area contributed by atoms with Crippen molar-refractivity contribution in [2.24, 2.45) is 0 Å². The van der Waals surface area contributed by atoms with E-state index in [1.165, 1.54) is 6.33 Å². The van der Waals surface area contributed by atoms with E-state index < -0.39 is 25.0 Å². The van der Waals surface area contributed by atoms with Gasteiger partial charge in [0.2, 0.25) is 0 Å². The van der Waals surface area contributed by atoms with E-state index in [0.29, 0.717) is 25.2 Å². The van der Waals surface area contributed by atoms with Crippen molar-refractivity contribution in [3.63, 3.8) is 0 Å². The molecule has 0 saturated heterocycles. The van der Waals surface area contributed by atoms with Gasteiger partial charge in [-0.2, -0.15) is 18.3 Å². The van der Waals surface area contributed by atoms with E-state index in [1.807, 2.05) is 24.8 Å². The molecular formula is C19H22F3N7O. The third-order valence-corrected chi connectivity index (χ3v) is 5.12. The Kier molecular flexibility index (Phi) is 5.12. The monoisotopic (exact) mass is 421 g/mol. The number of amides is 1. The van der Waals surface area contributed by atoms with Gasteiger partial charge in [0.25, 0.3) is 5.91 Å². The Morgan fingerprint density at radius 2 is 2.13 bits per heavy atom. The fourth-order valence-electron chi connectivity index (χ4n) is 3.75. The predicted molar refractivity (Wildman–Crippen MR) is 104 cm³/mol. The first-order valence-electron chi connectivity index (χ1n) is 9.73. The highest BCUT2D eigenvalue weighted by Gasteiger charge is 2.31. The van der Waals surface area contributed by atoms with E-state index >= 15 is 0 Å². The number of hydrogen-bond donors (Lipinski definition) is 2. The van der Waals surface area contributed by atoms with Gasteiger partial charge in [-0.1, -0.05) is 0 Å². The molecule has 0 spiro atoms. The Labute approximate surface area is 170 Å². The van der Waals surface area contributed by atoms with Crippen LogP contribution in [0.25, 0.3) is 11.0 Å². The van der Waals surface area contributed by atoms with Crippen LogP contribution in [-0.4, -0.2) is 49.9 Å². The van der Waals surface area contributed by atoms with Crippen LogP contribution in [0.1, 0.15) is 48.1 Å². The summed E-state index contributed by atoms with van der Waals surface area (Å²) in [6, 6.07) is 1.92. The largest absolute Gasteiger partial charge is 0.390 e. The lowest BCUT2D eigenvalue weighted by atomic mass is 10.0. The number of carbonyl (C=O) groups is 1. The molecule has 0 atom stereocenters. The number of aromatic nitrogens is 5. The molecule has 0 aliphatic carbocycles. The van der Waals surface area contributed by atoms with E-state index in [2.05, 4.69) is 25.4 Å². The summed E-state index contributed by atoms with van der Waals surface area (Å²) >= 11 is 0. The number of anilines is 1. The average Bonchev–Trinajstić information content (AvgIpc) is 3.31. The number of carbonyl (C=O) groups excluding carboxylic acids is 1. The molecule has 0 radical (unpaired) electrons. The van der Waals surface area contributed by atoms with Gasteiger partial charge in [-0.3, -0.25) is 9.48 Å². The SMILES string of the molecule is CC(C)n1nc(C(=O)NCCC(F)(F)F)c2c1CCN(c1ncnc3[nH]ccc13)C2. The molecule has 30 heavy (non-hydrogen) atoms. The number of hydrogen-bond acceptors (Lipinski definition) is 5. The van der Waals surface area contributed by atoms with Crippen molar-refractivity contribution >= 4 is 22.8 Å². The molecule has 4 heterocycles. The fraction of sp³-hybridized carbons (Fsp3) is 0.474. The van der Waals surface area contributed by atoms with Crippen LogP contribution in [0.2, 0.25) is 0 Å². The molecule has 2 N–H and O–H groups in total. The first-order chi connectivity index (χ1) is 14.2. The van der Waals surface area contributed by atoms with Gasteiger partial charge in [0.05, 0.1) is 11.8 Å². The standard InChI is InChI=1S/C19H22F3N7O/c1-11(2)29-14-4-8-28(17-12-3-6-23-16(12)25-10-26-17)9-13(14)15(27-29)18(30)24-7-5-19(20,21)22/h3,6,10-11H,4-5,7-9H2,1-2H3,(H,24,30)(H,23,25,26). The Bertz CT molecular complexity index is 1070. The number of rotatable bonds is 5. The highest BCUT2D eigenvalue weighted by atomic mass is 19.4. The Hall–Kier alpha value is -3.11. The minimum atomic E-state index is -4.32. The van der Waals surface area contributed by atoms with Gasteiger partial charge in [-0.05, 0) is 19.9 Å². The Balaban J connectivity index is 1.63. The molecule has 0 aromatic carbocycles. The topological polar surface area (TPSA) is 91.7 Å². The lowest BCUT2D eigenvalue weighted by Gasteiger charge is -2.29. The van der Waals surface area contributed by atoms with Crippen LogP contribution in [0.4, 0.5) is 19.0 Å². The molecule has 1 aliphatic heterocycles. The lowest BCUT2D eigenvalue weighted by Crippen LogP contribution is -2.34. The van der Waals surface area contributed by atoms with Gasteiger partial charge in [-0.15, -0.1) is 0 Å². The maximum atomic E-state index is 12.6. The molecule has 3 aromatic rings. The van der Waals surface area contributed by atoms with Gasteiger partial charge in [0, 0.05) is 49.6 Å². The highest BCUT2D eigenvalue weighted by molar-refractivity contribution is 5.94. The van der Waals surface area contributed by atoms with E-state index in [1.54, 1.807) is 10.9 Å². The summed E-state index contributed by atoms with van der Waals surface area (Å²) in [7, 11) is 0. The molecule has 4 rings (SSSR count). The van der Waals surface area contributed by atoms with E-state index in [0.717, 1.165) is 22.5 Å². The zero-order valence-electron chi connectivity index (χ0n) is 16.6. The quantitative estimate of drug-likeness (QED) is 0.661. The highest BCUT2D eigenvalue weighted by Crippen LogP contribution is 2.30. The molecular weight excluding hydrogens is 399 g/mol. The molecule has 0 unspecified atom stereocenters. The van der Waals surface area contributed by atoms with Crippen molar-refractivity contribution in [3.05, 3.63) is 35.5 Å². The van der Waals surface area contributed by atoms with E-state index in [-0.39, 0.29) is 11.7 Å². The number of nitrogens with one attached hydrogen (secondary N) is 2. The third-order valence-electron chi connectivity index (χ3n) is 5.12. The average molecular weight is 421 g/mol. The summed E-state index contributed by atoms with van der Waals surface area (Å²) in [5.41, 5.74) is 2.54. The zero-order chi connectivity index (χ0) is 21.5. The predicted octanol–water partition coefficient (Wildman–Crippen LogP) is 2.98. The zero-order valence-corrected chi connectivity index (χ0v) is 16.6. The first-order valence-corrected chi connectivity index (χ1v) is 9.73. The van der Waals surface area contributed by atoms with Crippen LogP contribution in [0, 0.1) is 0 Å². The molecule has 0 fully saturated rings. The van der Waals surface area contributed by atoms with Crippen molar-refractivity contribution < 1.29 is 18.0 Å². The minimum absolute atomic E-state index is 0.0254. The van der Waals surface area contributed by atoms with Crippen molar-refractivity contribution in [1.82, 2.24) is 30.0 Å². The van der Waals surface area contributed by atoms with Crippen molar-refractivity contribution in [2.45, 2.75) is 45.5 Å². The molecule has 8 nitrogen and oxygen atoms in total. The second kappa shape index (κ2) is 7.62. The van der Waals surface area contributed by atoms with Crippen LogP contribution < -0.4 is 10.2 Å². The number of H-pyrrole nitrogens is 1. The molecule has 0 bridgehead atoms. The Morgan fingerprint density at radius 3 is 2.87 bits per heavy atom. The van der Waals surface area contributed by atoms with Gasteiger partial charge in [-0.25, -0.2) is 9.97 Å². The van der Waals surface area contributed by atoms with Crippen molar-refractivity contribution in [1.29, 1.82) is 0 Å². The maximum absolute atomic E-state index is 12.6. The number of halogens is 3. The van der Waals surface area contributed by atoms with Gasteiger partial charge in [0.15, 0.2) is 5.69 Å². The normalized spacial score (nSPS) is 14.4. The first kappa shape index (κ1) is 20.2. The summed E-state index contributed by atoms with van der Waals surface area (Å²) in [6.45, 7) is 4.50. The number of nitrogens with zero attached hydrogens (tertiary/aromatic N) is 5. The number of fused-ring (bicyclic) bond motifs is 2. The van der Waals surface area contributed by atoms with Crippen LogP contribution in [0.5, 0.6) is 0 Å². The smallest absolute Gasteiger partial charge is 0.351 e. The lowest BCUT2D eigenvalue weighted by molar-refractivity contribution is -0.133. The van der Waals surface area contributed by atoms with Gasteiger partial charge < -0.3 is 15.2 Å².